The van der Waals surface area contributed by atoms with Crippen molar-refractivity contribution in [3.05, 3.63) is 51.7 Å². The minimum Gasteiger partial charge on any atom is -0.483 e. The van der Waals surface area contributed by atoms with E-state index in [2.05, 4.69) is 5.32 Å². The Morgan fingerprint density at radius 2 is 1.86 bits per heavy atom. The molecule has 1 aliphatic rings. The Morgan fingerprint density at radius 1 is 1.07 bits per heavy atom. The number of carbonyl (C=O) groups is 2. The lowest BCUT2D eigenvalue weighted by atomic mass is 10.1. The van der Waals surface area contributed by atoms with Crippen LogP contribution in [0.15, 0.2) is 35.7 Å². The van der Waals surface area contributed by atoms with Crippen molar-refractivity contribution in [3.8, 4) is 5.75 Å². The number of thiophene rings is 1. The highest BCUT2D eigenvalue weighted by Crippen LogP contribution is 2.20. The number of carbonyl (C=O) groups excluding carboxylic acids is 2. The first kappa shape index (κ1) is 20.2. The topological polar surface area (TPSA) is 61.9 Å². The molecule has 1 aromatic carbocycles. The van der Waals surface area contributed by atoms with Gasteiger partial charge in [-0.05, 0) is 48.9 Å². The van der Waals surface area contributed by atoms with Gasteiger partial charge in [0.25, 0.3) is 5.91 Å². The Labute approximate surface area is 170 Å². The summed E-state index contributed by atoms with van der Waals surface area (Å²) < 4.78 is 5.74. The summed E-state index contributed by atoms with van der Waals surface area (Å²) in [5.41, 5.74) is 2.20. The minimum atomic E-state index is -0.0747. The molecule has 0 unspecified atom stereocenters. The van der Waals surface area contributed by atoms with E-state index >= 15 is 0 Å². The summed E-state index contributed by atoms with van der Waals surface area (Å²) in [4.78, 5) is 29.7. The lowest BCUT2D eigenvalue weighted by Crippen LogP contribution is -2.42. The van der Waals surface area contributed by atoms with Gasteiger partial charge in [-0.25, -0.2) is 4.79 Å². The van der Waals surface area contributed by atoms with Crippen LogP contribution < -0.4 is 10.1 Å². The molecule has 28 heavy (non-hydrogen) atoms. The van der Waals surface area contributed by atoms with E-state index in [1.54, 1.807) is 21.1 Å². The summed E-state index contributed by atoms with van der Waals surface area (Å²) in [6, 6.07) is 9.75. The highest BCUT2D eigenvalue weighted by Gasteiger charge is 2.22. The molecule has 150 valence electrons. The third kappa shape index (κ3) is 5.25. The third-order valence-corrected chi connectivity index (χ3v) is 5.91. The Morgan fingerprint density at radius 3 is 2.64 bits per heavy atom. The third-order valence-electron chi connectivity index (χ3n) is 5.04. The zero-order valence-electron chi connectivity index (χ0n) is 16.4. The van der Waals surface area contributed by atoms with Crippen molar-refractivity contribution >= 4 is 23.3 Å². The predicted octanol–water partition coefficient (Wildman–Crippen LogP) is 3.19. The van der Waals surface area contributed by atoms with Gasteiger partial charge in [0.1, 0.15) is 5.75 Å². The molecule has 3 amide bonds. The molecule has 6 nitrogen and oxygen atoms in total. The van der Waals surface area contributed by atoms with E-state index in [9.17, 15) is 9.59 Å². The van der Waals surface area contributed by atoms with Crippen molar-refractivity contribution in [1.82, 2.24) is 15.1 Å². The van der Waals surface area contributed by atoms with Gasteiger partial charge in [-0.1, -0.05) is 18.2 Å². The highest BCUT2D eigenvalue weighted by atomic mass is 32.1. The number of aryl methyl sites for hydroxylation is 1. The standard InChI is InChI=1S/C21H27N3O3S/c1-16-6-3-8-19(17(16)2)27-15-20(25)23-9-5-10-24(12-11-23)21(26)22-14-18-7-4-13-28-18/h3-4,6-8,13H,5,9-12,14-15H2,1-2H3,(H,22,26). The predicted molar refractivity (Wildman–Crippen MR) is 111 cm³/mol. The monoisotopic (exact) mass is 401 g/mol. The highest BCUT2D eigenvalue weighted by molar-refractivity contribution is 7.09. The Kier molecular flexibility index (Phi) is 6.92. The van der Waals surface area contributed by atoms with Gasteiger partial charge < -0.3 is 19.9 Å². The number of ether oxygens (including phenoxy) is 1. The van der Waals surface area contributed by atoms with Crippen molar-refractivity contribution in [2.75, 3.05) is 32.8 Å². The van der Waals surface area contributed by atoms with Crippen molar-refractivity contribution in [3.63, 3.8) is 0 Å². The van der Waals surface area contributed by atoms with Gasteiger partial charge in [0.2, 0.25) is 0 Å². The molecule has 1 aliphatic heterocycles. The van der Waals surface area contributed by atoms with Gasteiger partial charge in [-0.3, -0.25) is 4.79 Å². The quantitative estimate of drug-likeness (QED) is 0.837. The Bertz CT molecular complexity index is 807. The molecular formula is C21H27N3O3S. The van der Waals surface area contributed by atoms with Crippen molar-refractivity contribution in [2.24, 2.45) is 0 Å². The fourth-order valence-electron chi connectivity index (χ4n) is 3.17. The van der Waals surface area contributed by atoms with E-state index in [0.29, 0.717) is 32.7 Å². The minimum absolute atomic E-state index is 0.0227. The average molecular weight is 402 g/mol. The van der Waals surface area contributed by atoms with E-state index in [1.807, 2.05) is 49.6 Å². The largest absolute Gasteiger partial charge is 0.483 e. The molecule has 1 fully saturated rings. The molecule has 0 aliphatic carbocycles. The van der Waals surface area contributed by atoms with Crippen LogP contribution in [0.2, 0.25) is 0 Å². The van der Waals surface area contributed by atoms with Crippen LogP contribution in [-0.2, 0) is 11.3 Å². The smallest absolute Gasteiger partial charge is 0.317 e. The lowest BCUT2D eigenvalue weighted by Gasteiger charge is -2.22. The fraction of sp³-hybridized carbons (Fsp3) is 0.429. The molecular weight excluding hydrogens is 374 g/mol. The second-order valence-corrected chi connectivity index (χ2v) is 7.98. The number of rotatable bonds is 5. The maximum absolute atomic E-state index is 12.6. The van der Waals surface area contributed by atoms with Gasteiger partial charge in [-0.15, -0.1) is 11.3 Å². The van der Waals surface area contributed by atoms with E-state index in [-0.39, 0.29) is 18.5 Å². The van der Waals surface area contributed by atoms with Gasteiger partial charge in [0, 0.05) is 31.1 Å². The van der Waals surface area contributed by atoms with Crippen molar-refractivity contribution < 1.29 is 14.3 Å². The number of urea groups is 1. The second-order valence-electron chi connectivity index (χ2n) is 6.95. The molecule has 0 bridgehead atoms. The fourth-order valence-corrected chi connectivity index (χ4v) is 3.81. The molecule has 3 rings (SSSR count). The number of hydrogen-bond acceptors (Lipinski definition) is 4. The lowest BCUT2D eigenvalue weighted by molar-refractivity contribution is -0.133. The first-order valence-electron chi connectivity index (χ1n) is 9.56. The Balaban J connectivity index is 1.46. The van der Waals surface area contributed by atoms with Gasteiger partial charge in [0.15, 0.2) is 6.61 Å². The maximum atomic E-state index is 12.6. The molecule has 1 saturated heterocycles. The van der Waals surface area contributed by atoms with Crippen LogP contribution in [-0.4, -0.2) is 54.5 Å². The van der Waals surface area contributed by atoms with Crippen LogP contribution >= 0.6 is 11.3 Å². The summed E-state index contributed by atoms with van der Waals surface area (Å²) >= 11 is 1.63. The second kappa shape index (κ2) is 9.59. The van der Waals surface area contributed by atoms with Crippen LogP contribution in [0.5, 0.6) is 5.75 Å². The molecule has 0 atom stereocenters. The van der Waals surface area contributed by atoms with E-state index in [0.717, 1.165) is 28.2 Å². The molecule has 1 N–H and O–H groups in total. The molecule has 0 radical (unpaired) electrons. The number of benzene rings is 1. The molecule has 0 saturated carbocycles. The van der Waals surface area contributed by atoms with E-state index in [4.69, 9.17) is 4.74 Å². The zero-order chi connectivity index (χ0) is 19.9. The summed E-state index contributed by atoms with van der Waals surface area (Å²) in [6.45, 7) is 6.94. The van der Waals surface area contributed by atoms with Gasteiger partial charge in [-0.2, -0.15) is 0 Å². The summed E-state index contributed by atoms with van der Waals surface area (Å²) in [5.74, 6) is 0.708. The summed E-state index contributed by atoms with van der Waals surface area (Å²) in [5, 5.41) is 4.95. The number of hydrogen-bond donors (Lipinski definition) is 1. The molecule has 2 heterocycles. The van der Waals surface area contributed by atoms with Crippen molar-refractivity contribution in [2.45, 2.75) is 26.8 Å². The molecule has 1 aromatic heterocycles. The number of amides is 3. The number of nitrogens with zero attached hydrogens (tertiary/aromatic N) is 2. The van der Waals surface area contributed by atoms with Crippen LogP contribution in [0.4, 0.5) is 4.79 Å². The van der Waals surface area contributed by atoms with Crippen LogP contribution in [0.3, 0.4) is 0 Å². The van der Waals surface area contributed by atoms with Crippen LogP contribution in [0, 0.1) is 13.8 Å². The summed E-state index contributed by atoms with van der Waals surface area (Å²) in [7, 11) is 0. The van der Waals surface area contributed by atoms with Gasteiger partial charge >= 0.3 is 6.03 Å². The normalized spacial score (nSPS) is 14.5. The average Bonchev–Trinajstić information content (AvgIpc) is 3.09. The van der Waals surface area contributed by atoms with Gasteiger partial charge in [0.05, 0.1) is 6.54 Å². The molecule has 2 aromatic rings. The number of nitrogens with one attached hydrogen (secondary N) is 1. The molecule has 7 heteroatoms. The summed E-state index contributed by atoms with van der Waals surface area (Å²) in [6.07, 6.45) is 0.766. The van der Waals surface area contributed by atoms with Crippen molar-refractivity contribution in [1.29, 1.82) is 0 Å². The maximum Gasteiger partial charge on any atom is 0.317 e. The first-order chi connectivity index (χ1) is 13.5. The van der Waals surface area contributed by atoms with E-state index in [1.165, 1.54) is 0 Å². The SMILES string of the molecule is Cc1cccc(OCC(=O)N2CCCN(C(=O)NCc3cccs3)CC2)c1C. The zero-order valence-corrected chi connectivity index (χ0v) is 17.3. The van der Waals surface area contributed by atoms with Crippen LogP contribution in [0.1, 0.15) is 22.4 Å². The molecule has 0 spiro atoms. The van der Waals surface area contributed by atoms with Crippen LogP contribution in [0.25, 0.3) is 0 Å². The van der Waals surface area contributed by atoms with E-state index < -0.39 is 0 Å². The first-order valence-corrected chi connectivity index (χ1v) is 10.4. The Hall–Kier alpha value is -2.54.